The van der Waals surface area contributed by atoms with E-state index in [2.05, 4.69) is 36.2 Å². The molecule has 94 valence electrons. The van der Waals surface area contributed by atoms with Gasteiger partial charge in [0.25, 0.3) is 0 Å². The minimum Gasteiger partial charge on any atom is -0.198 e. The fraction of sp³-hybridized carbons (Fsp3) is 0.846. The van der Waals surface area contributed by atoms with Crippen LogP contribution in [-0.4, -0.2) is 12.1 Å². The van der Waals surface area contributed by atoms with Crippen molar-refractivity contribution in [2.24, 2.45) is 22.1 Å². The number of hydrogen-bond donors (Lipinski definition) is 0. The van der Waals surface area contributed by atoms with E-state index in [1.54, 1.807) is 6.92 Å². The molecule has 2 atom stereocenters. The van der Waals surface area contributed by atoms with Crippen LogP contribution in [0.3, 0.4) is 0 Å². The minimum absolute atomic E-state index is 0.0780. The minimum atomic E-state index is -0.750. The van der Waals surface area contributed by atoms with E-state index in [-0.39, 0.29) is 5.92 Å². The number of rotatable bonds is 7. The monoisotopic (exact) mass is 234 g/mol. The Morgan fingerprint density at radius 2 is 1.94 bits per heavy atom. The Hall–Kier alpha value is -1.42. The summed E-state index contributed by atoms with van der Waals surface area (Å²) in [7, 11) is 0. The normalized spacial score (nSPS) is 16.4. The maximum Gasteiger partial charge on any atom is 0.164 e. The highest BCUT2D eigenvalue weighted by Crippen LogP contribution is 2.20. The second-order valence-corrected chi connectivity index (χ2v) is 5.02. The highest BCUT2D eigenvalue weighted by Gasteiger charge is 2.24. The molecule has 0 aliphatic heterocycles. The third-order valence-corrected chi connectivity index (χ3v) is 2.46. The molecule has 0 saturated heterocycles. The van der Waals surface area contributed by atoms with Gasteiger partial charge in [0.05, 0.1) is 24.6 Å². The first-order chi connectivity index (χ1) is 7.97. The zero-order chi connectivity index (χ0) is 13.3. The third-order valence-electron chi connectivity index (χ3n) is 2.46. The second-order valence-electron chi connectivity index (χ2n) is 5.02. The smallest absolute Gasteiger partial charge is 0.164 e. The molecule has 17 heavy (non-hydrogen) atoms. The first-order valence-corrected chi connectivity index (χ1v) is 6.17. The van der Waals surface area contributed by atoms with Crippen molar-refractivity contribution in [1.82, 2.24) is 0 Å². The predicted octanol–water partition coefficient (Wildman–Crippen LogP) is 3.71. The van der Waals surface area contributed by atoms with E-state index in [0.29, 0.717) is 18.9 Å². The van der Waals surface area contributed by atoms with Gasteiger partial charge in [0.1, 0.15) is 0 Å². The summed E-state index contributed by atoms with van der Waals surface area (Å²) in [4.78, 5) is 0. The number of hydrogen-bond acceptors (Lipinski definition) is 4. The van der Waals surface area contributed by atoms with E-state index in [9.17, 15) is 0 Å². The zero-order valence-electron chi connectivity index (χ0n) is 11.3. The number of nitrogens with zero attached hydrogens (tertiary/aromatic N) is 4. The van der Waals surface area contributed by atoms with Crippen molar-refractivity contribution in [3.63, 3.8) is 0 Å². The van der Waals surface area contributed by atoms with Crippen LogP contribution in [0.2, 0.25) is 0 Å². The molecule has 0 amide bonds. The Bertz CT molecular complexity index is 321. The molecule has 0 heterocycles. The highest BCUT2D eigenvalue weighted by molar-refractivity contribution is 5.03. The Morgan fingerprint density at radius 1 is 1.29 bits per heavy atom. The average Bonchev–Trinajstić information content (AvgIpc) is 2.27. The molecule has 0 radical (unpaired) electrons. The van der Waals surface area contributed by atoms with Crippen LogP contribution in [0.1, 0.15) is 47.0 Å². The molecule has 0 saturated carbocycles. The summed E-state index contributed by atoms with van der Waals surface area (Å²) >= 11 is 0. The summed E-state index contributed by atoms with van der Waals surface area (Å²) in [5, 5.41) is 26.1. The van der Waals surface area contributed by atoms with Gasteiger partial charge in [0.15, 0.2) is 5.54 Å². The van der Waals surface area contributed by atoms with Crippen LogP contribution in [0, 0.1) is 34.5 Å². The summed E-state index contributed by atoms with van der Waals surface area (Å²) < 4.78 is 0. The van der Waals surface area contributed by atoms with Crippen LogP contribution < -0.4 is 0 Å². The highest BCUT2D eigenvalue weighted by atomic mass is 15.1. The standard InChI is InChI=1S/C13H22N4/c1-5-6-12(8-14)9-16-17-13(4,10-15)7-11(2)3/h11-12H,5-7,9H2,1-4H3/b17-16+. The van der Waals surface area contributed by atoms with Crippen molar-refractivity contribution in [1.29, 1.82) is 10.5 Å². The van der Waals surface area contributed by atoms with Gasteiger partial charge in [-0.2, -0.15) is 20.8 Å². The largest absolute Gasteiger partial charge is 0.198 e. The van der Waals surface area contributed by atoms with E-state index < -0.39 is 5.54 Å². The van der Waals surface area contributed by atoms with Gasteiger partial charge in [-0.3, -0.25) is 0 Å². The molecule has 0 rings (SSSR count). The van der Waals surface area contributed by atoms with Crippen molar-refractivity contribution in [3.8, 4) is 12.1 Å². The van der Waals surface area contributed by atoms with Crippen molar-refractivity contribution < 1.29 is 0 Å². The number of nitriles is 2. The summed E-state index contributed by atoms with van der Waals surface area (Å²) in [5.74, 6) is 0.326. The first-order valence-electron chi connectivity index (χ1n) is 6.17. The second kappa shape index (κ2) is 7.79. The average molecular weight is 234 g/mol. The quantitative estimate of drug-likeness (QED) is 0.630. The summed E-state index contributed by atoms with van der Waals surface area (Å²) in [5.41, 5.74) is -0.750. The van der Waals surface area contributed by atoms with Gasteiger partial charge >= 0.3 is 0 Å². The molecule has 0 aromatic rings. The van der Waals surface area contributed by atoms with E-state index in [1.807, 2.05) is 6.92 Å². The topological polar surface area (TPSA) is 72.3 Å². The Kier molecular flexibility index (Phi) is 7.14. The summed E-state index contributed by atoms with van der Waals surface area (Å²) in [6, 6.07) is 4.40. The molecule has 2 unspecified atom stereocenters. The van der Waals surface area contributed by atoms with Gasteiger partial charge in [0, 0.05) is 0 Å². The lowest BCUT2D eigenvalue weighted by atomic mass is 9.93. The molecule has 4 nitrogen and oxygen atoms in total. The van der Waals surface area contributed by atoms with Crippen molar-refractivity contribution in [2.75, 3.05) is 6.54 Å². The fourth-order valence-corrected chi connectivity index (χ4v) is 1.74. The Labute approximate surface area is 104 Å². The molecule has 0 bridgehead atoms. The first kappa shape index (κ1) is 15.6. The molecule has 0 spiro atoms. The lowest BCUT2D eigenvalue weighted by molar-refractivity contribution is 0.426. The maximum atomic E-state index is 9.09. The third kappa shape index (κ3) is 6.68. The van der Waals surface area contributed by atoms with Gasteiger partial charge in [-0.05, 0) is 25.7 Å². The molecule has 0 aliphatic rings. The maximum absolute atomic E-state index is 9.09. The molecule has 0 aromatic heterocycles. The van der Waals surface area contributed by atoms with Crippen LogP contribution in [0.4, 0.5) is 0 Å². The predicted molar refractivity (Wildman–Crippen MR) is 67.2 cm³/mol. The zero-order valence-corrected chi connectivity index (χ0v) is 11.3. The lowest BCUT2D eigenvalue weighted by Crippen LogP contribution is -2.21. The van der Waals surface area contributed by atoms with Gasteiger partial charge in [-0.1, -0.05) is 27.2 Å². The van der Waals surface area contributed by atoms with Crippen molar-refractivity contribution in [2.45, 2.75) is 52.5 Å². The Morgan fingerprint density at radius 3 is 2.35 bits per heavy atom. The molecule has 0 fully saturated rings. The van der Waals surface area contributed by atoms with E-state index in [4.69, 9.17) is 10.5 Å². The molecule has 0 aliphatic carbocycles. The molecule has 0 aromatic carbocycles. The molecule has 4 heteroatoms. The van der Waals surface area contributed by atoms with Gasteiger partial charge in [-0.25, -0.2) is 0 Å². The summed E-state index contributed by atoms with van der Waals surface area (Å²) in [6.07, 6.45) is 2.50. The molecule has 0 N–H and O–H groups in total. The molecular weight excluding hydrogens is 212 g/mol. The van der Waals surface area contributed by atoms with Gasteiger partial charge in [-0.15, -0.1) is 0 Å². The van der Waals surface area contributed by atoms with Gasteiger partial charge < -0.3 is 0 Å². The van der Waals surface area contributed by atoms with Crippen LogP contribution in [0.5, 0.6) is 0 Å². The SMILES string of the molecule is CCCC(C#N)C/N=N/C(C)(C#N)CC(C)C. The van der Waals surface area contributed by atoms with Crippen molar-refractivity contribution >= 4 is 0 Å². The number of azo groups is 1. The van der Waals surface area contributed by atoms with E-state index in [0.717, 1.165) is 12.8 Å². The summed E-state index contributed by atoms with van der Waals surface area (Å²) in [6.45, 7) is 8.34. The van der Waals surface area contributed by atoms with Crippen LogP contribution in [0.15, 0.2) is 10.2 Å². The van der Waals surface area contributed by atoms with Gasteiger partial charge in [0.2, 0.25) is 0 Å². The van der Waals surface area contributed by atoms with Crippen LogP contribution in [-0.2, 0) is 0 Å². The lowest BCUT2D eigenvalue weighted by Gasteiger charge is -2.17. The van der Waals surface area contributed by atoms with Crippen molar-refractivity contribution in [3.05, 3.63) is 0 Å². The van der Waals surface area contributed by atoms with E-state index in [1.165, 1.54) is 0 Å². The van der Waals surface area contributed by atoms with Crippen LogP contribution >= 0.6 is 0 Å². The van der Waals surface area contributed by atoms with Crippen LogP contribution in [0.25, 0.3) is 0 Å². The Balaban J connectivity index is 4.39. The fourth-order valence-electron chi connectivity index (χ4n) is 1.74. The molecular formula is C13H22N4. The van der Waals surface area contributed by atoms with E-state index >= 15 is 0 Å².